The van der Waals surface area contributed by atoms with E-state index in [1.165, 1.54) is 116 Å². The molecule has 142 valence electrons. The van der Waals surface area contributed by atoms with E-state index in [4.69, 9.17) is 0 Å². The van der Waals surface area contributed by atoms with Gasteiger partial charge in [0, 0.05) is 6.42 Å². The summed E-state index contributed by atoms with van der Waals surface area (Å²) in [6, 6.07) is 0. The Balaban J connectivity index is 2.95. The third-order valence-corrected chi connectivity index (χ3v) is 4.98. The number of carbonyl (C=O) groups is 1. The predicted molar refractivity (Wildman–Crippen MR) is 109 cm³/mol. The molecule has 0 aromatic heterocycles. The zero-order valence-corrected chi connectivity index (χ0v) is 16.4. The molecule has 0 aromatic carbocycles. The van der Waals surface area contributed by atoms with Crippen molar-refractivity contribution in [3.05, 3.63) is 12.7 Å². The van der Waals surface area contributed by atoms with E-state index < -0.39 is 0 Å². The molecule has 0 aliphatic heterocycles. The number of allylic oxidation sites excluding steroid dienone is 1. The molecule has 0 rings (SSSR count). The highest BCUT2D eigenvalue weighted by Crippen LogP contribution is 2.14. The van der Waals surface area contributed by atoms with Crippen LogP contribution in [0.2, 0.25) is 0 Å². The van der Waals surface area contributed by atoms with Gasteiger partial charge in [-0.3, -0.25) is 0 Å². The van der Waals surface area contributed by atoms with Crippen LogP contribution in [0.4, 0.5) is 0 Å². The number of aldehydes is 1. The van der Waals surface area contributed by atoms with Gasteiger partial charge in [0.1, 0.15) is 6.29 Å². The third-order valence-electron chi connectivity index (χ3n) is 4.98. The van der Waals surface area contributed by atoms with Gasteiger partial charge in [0.15, 0.2) is 0 Å². The molecule has 0 atom stereocenters. The Morgan fingerprint density at radius 3 is 0.917 bits per heavy atom. The van der Waals surface area contributed by atoms with E-state index in [0.29, 0.717) is 0 Å². The summed E-state index contributed by atoms with van der Waals surface area (Å²) in [5.74, 6) is 0. The van der Waals surface area contributed by atoms with E-state index in [1.807, 2.05) is 6.08 Å². The van der Waals surface area contributed by atoms with Crippen molar-refractivity contribution in [3.8, 4) is 0 Å². The minimum absolute atomic E-state index is 0.760. The summed E-state index contributed by atoms with van der Waals surface area (Å²) >= 11 is 0. The quantitative estimate of drug-likeness (QED) is 0.117. The Kier molecular flexibility index (Phi) is 21.9. The van der Waals surface area contributed by atoms with Crippen molar-refractivity contribution in [3.63, 3.8) is 0 Å². The molecule has 0 aliphatic rings. The summed E-state index contributed by atoms with van der Waals surface area (Å²) in [7, 11) is 0. The van der Waals surface area contributed by atoms with Gasteiger partial charge in [0.05, 0.1) is 0 Å². The van der Waals surface area contributed by atoms with Crippen LogP contribution in [0.3, 0.4) is 0 Å². The van der Waals surface area contributed by atoms with E-state index in [9.17, 15) is 4.79 Å². The third kappa shape index (κ3) is 21.4. The molecule has 0 saturated carbocycles. The van der Waals surface area contributed by atoms with Gasteiger partial charge in [-0.1, -0.05) is 109 Å². The SMILES string of the molecule is C=CCCCCCCCCCCCCCCCCCCCCC=O. The van der Waals surface area contributed by atoms with Crippen molar-refractivity contribution in [1.29, 1.82) is 0 Å². The molecule has 0 unspecified atom stereocenters. The van der Waals surface area contributed by atoms with E-state index >= 15 is 0 Å². The summed E-state index contributed by atoms with van der Waals surface area (Å²) in [5, 5.41) is 0. The molecule has 0 saturated heterocycles. The lowest BCUT2D eigenvalue weighted by Gasteiger charge is -2.03. The van der Waals surface area contributed by atoms with Crippen molar-refractivity contribution >= 4 is 6.29 Å². The summed E-state index contributed by atoms with van der Waals surface area (Å²) in [6.07, 6.45) is 30.0. The Hall–Kier alpha value is -0.590. The normalized spacial score (nSPS) is 10.8. The van der Waals surface area contributed by atoms with E-state index in [2.05, 4.69) is 6.58 Å². The van der Waals surface area contributed by atoms with Gasteiger partial charge >= 0.3 is 0 Å². The van der Waals surface area contributed by atoms with Crippen molar-refractivity contribution in [2.45, 2.75) is 128 Å². The van der Waals surface area contributed by atoms with Gasteiger partial charge in [-0.2, -0.15) is 0 Å². The minimum Gasteiger partial charge on any atom is -0.303 e. The van der Waals surface area contributed by atoms with Crippen LogP contribution >= 0.6 is 0 Å². The fraction of sp³-hybridized carbons (Fsp3) is 0.870. The fourth-order valence-electron chi connectivity index (χ4n) is 3.34. The molecule has 0 radical (unpaired) electrons. The second-order valence-corrected chi connectivity index (χ2v) is 7.40. The first-order chi connectivity index (χ1) is 11.9. The molecule has 0 spiro atoms. The largest absolute Gasteiger partial charge is 0.303 e. The number of carbonyl (C=O) groups excluding carboxylic acids is 1. The highest BCUT2D eigenvalue weighted by molar-refractivity contribution is 5.48. The average molecular weight is 337 g/mol. The lowest BCUT2D eigenvalue weighted by Crippen LogP contribution is -1.84. The number of unbranched alkanes of at least 4 members (excludes halogenated alkanes) is 19. The van der Waals surface area contributed by atoms with Gasteiger partial charge in [-0.05, 0) is 19.3 Å². The first-order valence-corrected chi connectivity index (χ1v) is 11.0. The van der Waals surface area contributed by atoms with Crippen LogP contribution in [0.1, 0.15) is 128 Å². The number of hydrogen-bond donors (Lipinski definition) is 0. The summed E-state index contributed by atoms with van der Waals surface area (Å²) < 4.78 is 0. The molecule has 0 fully saturated rings. The topological polar surface area (TPSA) is 17.1 Å². The molecule has 0 aliphatic carbocycles. The Morgan fingerprint density at radius 2 is 0.667 bits per heavy atom. The molecule has 0 amide bonds. The van der Waals surface area contributed by atoms with Crippen LogP contribution in [0.25, 0.3) is 0 Å². The summed E-state index contributed by atoms with van der Waals surface area (Å²) in [4.78, 5) is 10.2. The molecule has 0 N–H and O–H groups in total. The molecule has 0 bridgehead atoms. The van der Waals surface area contributed by atoms with E-state index in [1.54, 1.807) is 0 Å². The van der Waals surface area contributed by atoms with Gasteiger partial charge in [-0.15, -0.1) is 6.58 Å². The van der Waals surface area contributed by atoms with Crippen molar-refractivity contribution < 1.29 is 4.79 Å². The Labute approximate surface area is 152 Å². The number of rotatable bonds is 21. The van der Waals surface area contributed by atoms with Gasteiger partial charge in [0.25, 0.3) is 0 Å². The molecule has 24 heavy (non-hydrogen) atoms. The standard InChI is InChI=1S/C23H44O/c1-2-3-4-5-6-7-8-9-10-11-12-13-14-15-16-17-18-19-20-21-22-23-24/h2,23H,1,3-22H2. The molecule has 0 aromatic rings. The fourth-order valence-corrected chi connectivity index (χ4v) is 3.34. The highest BCUT2D eigenvalue weighted by atomic mass is 16.1. The van der Waals surface area contributed by atoms with Crippen LogP contribution in [-0.2, 0) is 4.79 Å². The maximum Gasteiger partial charge on any atom is 0.119 e. The van der Waals surface area contributed by atoms with Crippen LogP contribution in [0.5, 0.6) is 0 Å². The maximum absolute atomic E-state index is 10.2. The van der Waals surface area contributed by atoms with Crippen LogP contribution in [0.15, 0.2) is 12.7 Å². The minimum atomic E-state index is 0.760. The summed E-state index contributed by atoms with van der Waals surface area (Å²) in [6.45, 7) is 3.77. The summed E-state index contributed by atoms with van der Waals surface area (Å²) in [5.41, 5.74) is 0. The lowest BCUT2D eigenvalue weighted by molar-refractivity contribution is -0.107. The predicted octanol–water partition coefficient (Wildman–Crippen LogP) is 8.17. The molecular formula is C23H44O. The Bertz CT molecular complexity index is 220. The number of hydrogen-bond acceptors (Lipinski definition) is 1. The highest BCUT2D eigenvalue weighted by Gasteiger charge is 1.95. The molecular weight excluding hydrogens is 292 g/mol. The van der Waals surface area contributed by atoms with Crippen LogP contribution < -0.4 is 0 Å². The smallest absolute Gasteiger partial charge is 0.119 e. The first kappa shape index (κ1) is 23.4. The second-order valence-electron chi connectivity index (χ2n) is 7.40. The van der Waals surface area contributed by atoms with Crippen molar-refractivity contribution in [1.82, 2.24) is 0 Å². The monoisotopic (exact) mass is 336 g/mol. The van der Waals surface area contributed by atoms with E-state index in [-0.39, 0.29) is 0 Å². The average Bonchev–Trinajstić information content (AvgIpc) is 2.60. The first-order valence-electron chi connectivity index (χ1n) is 11.0. The zero-order chi connectivity index (χ0) is 17.6. The maximum atomic E-state index is 10.2. The Morgan fingerprint density at radius 1 is 0.417 bits per heavy atom. The van der Waals surface area contributed by atoms with Crippen molar-refractivity contribution in [2.24, 2.45) is 0 Å². The van der Waals surface area contributed by atoms with Gasteiger partial charge in [0.2, 0.25) is 0 Å². The molecule has 0 heterocycles. The molecule has 1 nitrogen and oxygen atoms in total. The van der Waals surface area contributed by atoms with Crippen molar-refractivity contribution in [2.75, 3.05) is 0 Å². The zero-order valence-electron chi connectivity index (χ0n) is 16.4. The van der Waals surface area contributed by atoms with Crippen LogP contribution in [-0.4, -0.2) is 6.29 Å². The van der Waals surface area contributed by atoms with Gasteiger partial charge < -0.3 is 4.79 Å². The van der Waals surface area contributed by atoms with E-state index in [0.717, 1.165) is 19.1 Å². The van der Waals surface area contributed by atoms with Crippen LogP contribution in [0, 0.1) is 0 Å². The lowest BCUT2D eigenvalue weighted by atomic mass is 10.0. The van der Waals surface area contributed by atoms with Gasteiger partial charge in [-0.25, -0.2) is 0 Å². The second kappa shape index (κ2) is 22.4. The molecule has 1 heteroatoms.